The van der Waals surface area contributed by atoms with Gasteiger partial charge in [-0.3, -0.25) is 0 Å². The molecule has 1 aliphatic carbocycles. The lowest BCUT2D eigenvalue weighted by Gasteiger charge is -2.28. The standard InChI is InChI=1S/C13H15N3O/c1-9-5-6-10(13-16-14-8-17-13)7-12(9)15-11-3-2-4-11/h5-8,11,15H,2-4H2,1H3. The Balaban J connectivity index is 1.89. The highest BCUT2D eigenvalue weighted by Crippen LogP contribution is 2.28. The van der Waals surface area contributed by atoms with Crippen LogP contribution in [0.4, 0.5) is 5.69 Å². The van der Waals surface area contributed by atoms with Crippen LogP contribution in [0.3, 0.4) is 0 Å². The van der Waals surface area contributed by atoms with Crippen LogP contribution in [0.15, 0.2) is 29.0 Å². The number of hydrogen-bond donors (Lipinski definition) is 1. The summed E-state index contributed by atoms with van der Waals surface area (Å²) in [5, 5.41) is 11.2. The normalized spacial score (nSPS) is 15.6. The molecular formula is C13H15N3O. The molecule has 1 aromatic carbocycles. The fraction of sp³-hybridized carbons (Fsp3) is 0.385. The molecule has 1 aromatic heterocycles. The minimum atomic E-state index is 0.571. The topological polar surface area (TPSA) is 51.0 Å². The van der Waals surface area contributed by atoms with E-state index in [0.717, 1.165) is 5.56 Å². The van der Waals surface area contributed by atoms with E-state index in [1.165, 1.54) is 36.9 Å². The van der Waals surface area contributed by atoms with Crippen LogP contribution in [0, 0.1) is 6.92 Å². The van der Waals surface area contributed by atoms with Crippen molar-refractivity contribution in [3.8, 4) is 11.5 Å². The van der Waals surface area contributed by atoms with Crippen LogP contribution >= 0.6 is 0 Å². The summed E-state index contributed by atoms with van der Waals surface area (Å²) in [7, 11) is 0. The first kappa shape index (κ1) is 10.3. The molecule has 4 nitrogen and oxygen atoms in total. The first-order chi connectivity index (χ1) is 8.33. The average molecular weight is 229 g/mol. The molecular weight excluding hydrogens is 214 g/mol. The van der Waals surface area contributed by atoms with Gasteiger partial charge in [0.1, 0.15) is 0 Å². The molecule has 2 aromatic rings. The van der Waals surface area contributed by atoms with Crippen molar-refractivity contribution >= 4 is 5.69 Å². The quantitative estimate of drug-likeness (QED) is 0.879. The molecule has 0 atom stereocenters. The van der Waals surface area contributed by atoms with E-state index in [1.54, 1.807) is 0 Å². The maximum absolute atomic E-state index is 5.21. The molecule has 1 fully saturated rings. The van der Waals surface area contributed by atoms with E-state index >= 15 is 0 Å². The molecule has 0 radical (unpaired) electrons. The van der Waals surface area contributed by atoms with Crippen LogP contribution in [0.1, 0.15) is 24.8 Å². The monoisotopic (exact) mass is 229 g/mol. The molecule has 0 saturated heterocycles. The summed E-state index contributed by atoms with van der Waals surface area (Å²) >= 11 is 0. The second-order valence-corrected chi connectivity index (χ2v) is 4.55. The molecule has 4 heteroatoms. The molecule has 0 unspecified atom stereocenters. The molecule has 0 aliphatic heterocycles. The highest BCUT2D eigenvalue weighted by atomic mass is 16.4. The van der Waals surface area contributed by atoms with Crippen molar-refractivity contribution in [1.29, 1.82) is 0 Å². The maximum Gasteiger partial charge on any atom is 0.247 e. The van der Waals surface area contributed by atoms with Crippen LogP contribution in [-0.2, 0) is 0 Å². The number of anilines is 1. The highest BCUT2D eigenvalue weighted by molar-refractivity contribution is 5.64. The summed E-state index contributed by atoms with van der Waals surface area (Å²) in [5.41, 5.74) is 3.39. The molecule has 17 heavy (non-hydrogen) atoms. The Hall–Kier alpha value is -1.84. The van der Waals surface area contributed by atoms with Crippen LogP contribution < -0.4 is 5.32 Å². The molecule has 0 bridgehead atoms. The van der Waals surface area contributed by atoms with Crippen LogP contribution in [0.25, 0.3) is 11.5 Å². The van der Waals surface area contributed by atoms with E-state index in [9.17, 15) is 0 Å². The molecule has 0 spiro atoms. The van der Waals surface area contributed by atoms with Crippen molar-refractivity contribution < 1.29 is 4.42 Å². The van der Waals surface area contributed by atoms with Gasteiger partial charge in [-0.2, -0.15) is 0 Å². The van der Waals surface area contributed by atoms with E-state index in [1.807, 2.05) is 6.07 Å². The van der Waals surface area contributed by atoms with Crippen LogP contribution in [0.5, 0.6) is 0 Å². The van der Waals surface area contributed by atoms with Gasteiger partial charge in [-0.05, 0) is 43.9 Å². The zero-order valence-electron chi connectivity index (χ0n) is 9.81. The number of nitrogens with one attached hydrogen (secondary N) is 1. The Labute approximate surface area is 100 Å². The molecule has 0 amide bonds. The Morgan fingerprint density at radius 3 is 2.88 bits per heavy atom. The molecule has 1 saturated carbocycles. The van der Waals surface area contributed by atoms with Gasteiger partial charge in [-0.25, -0.2) is 0 Å². The number of benzene rings is 1. The summed E-state index contributed by atoms with van der Waals surface area (Å²) in [4.78, 5) is 0. The van der Waals surface area contributed by atoms with E-state index in [2.05, 4.69) is 34.6 Å². The molecule has 1 heterocycles. The highest BCUT2D eigenvalue weighted by Gasteiger charge is 2.18. The molecule has 88 valence electrons. The van der Waals surface area contributed by atoms with Gasteiger partial charge in [0.05, 0.1) is 0 Å². The largest absolute Gasteiger partial charge is 0.423 e. The van der Waals surface area contributed by atoms with Gasteiger partial charge in [-0.15, -0.1) is 10.2 Å². The summed E-state index contributed by atoms with van der Waals surface area (Å²) in [6.07, 6.45) is 5.22. The third kappa shape index (κ3) is 2.02. The van der Waals surface area contributed by atoms with Crippen LogP contribution in [-0.4, -0.2) is 16.2 Å². The number of aryl methyl sites for hydroxylation is 1. The second kappa shape index (κ2) is 4.20. The lowest BCUT2D eigenvalue weighted by atomic mass is 9.92. The Morgan fingerprint density at radius 2 is 2.24 bits per heavy atom. The summed E-state index contributed by atoms with van der Waals surface area (Å²) in [6, 6.07) is 6.81. The minimum absolute atomic E-state index is 0.571. The van der Waals surface area contributed by atoms with E-state index < -0.39 is 0 Å². The van der Waals surface area contributed by atoms with Crippen molar-refractivity contribution in [2.45, 2.75) is 32.2 Å². The zero-order valence-corrected chi connectivity index (χ0v) is 9.81. The van der Waals surface area contributed by atoms with Crippen molar-refractivity contribution in [2.24, 2.45) is 0 Å². The van der Waals surface area contributed by atoms with Gasteiger partial charge in [0.15, 0.2) is 0 Å². The van der Waals surface area contributed by atoms with E-state index in [0.29, 0.717) is 11.9 Å². The van der Waals surface area contributed by atoms with Crippen molar-refractivity contribution in [2.75, 3.05) is 5.32 Å². The molecule has 3 rings (SSSR count). The third-order valence-corrected chi connectivity index (χ3v) is 3.31. The van der Waals surface area contributed by atoms with Gasteiger partial charge in [0.2, 0.25) is 12.3 Å². The molecule has 1 N–H and O–H groups in total. The van der Waals surface area contributed by atoms with Crippen molar-refractivity contribution in [1.82, 2.24) is 10.2 Å². The Kier molecular flexibility index (Phi) is 2.55. The molecule has 1 aliphatic rings. The van der Waals surface area contributed by atoms with Gasteiger partial charge < -0.3 is 9.73 Å². The summed E-state index contributed by atoms with van der Waals surface area (Å²) in [6.45, 7) is 2.11. The predicted molar refractivity (Wildman–Crippen MR) is 65.7 cm³/mol. The number of rotatable bonds is 3. The van der Waals surface area contributed by atoms with Crippen molar-refractivity contribution in [3.05, 3.63) is 30.2 Å². The summed E-state index contributed by atoms with van der Waals surface area (Å²) in [5.74, 6) is 0.571. The number of hydrogen-bond acceptors (Lipinski definition) is 4. The summed E-state index contributed by atoms with van der Waals surface area (Å²) < 4.78 is 5.21. The van der Waals surface area contributed by atoms with Gasteiger partial charge in [0, 0.05) is 17.3 Å². The van der Waals surface area contributed by atoms with Gasteiger partial charge in [0.25, 0.3) is 0 Å². The fourth-order valence-electron chi connectivity index (χ4n) is 1.98. The van der Waals surface area contributed by atoms with E-state index in [4.69, 9.17) is 4.42 Å². The number of nitrogens with zero attached hydrogens (tertiary/aromatic N) is 2. The first-order valence-electron chi connectivity index (χ1n) is 5.96. The lowest BCUT2D eigenvalue weighted by Crippen LogP contribution is -2.27. The second-order valence-electron chi connectivity index (χ2n) is 4.55. The first-order valence-corrected chi connectivity index (χ1v) is 5.96. The zero-order chi connectivity index (χ0) is 11.7. The van der Waals surface area contributed by atoms with Gasteiger partial charge >= 0.3 is 0 Å². The third-order valence-electron chi connectivity index (χ3n) is 3.31. The Bertz CT molecular complexity index is 503. The Morgan fingerprint density at radius 1 is 1.35 bits per heavy atom. The number of aromatic nitrogens is 2. The smallest absolute Gasteiger partial charge is 0.247 e. The minimum Gasteiger partial charge on any atom is -0.423 e. The van der Waals surface area contributed by atoms with E-state index in [-0.39, 0.29) is 0 Å². The lowest BCUT2D eigenvalue weighted by molar-refractivity contribution is 0.445. The SMILES string of the molecule is Cc1ccc(-c2nnco2)cc1NC1CCC1. The average Bonchev–Trinajstić information content (AvgIpc) is 2.79. The van der Waals surface area contributed by atoms with Crippen LogP contribution in [0.2, 0.25) is 0 Å². The van der Waals surface area contributed by atoms with Crippen molar-refractivity contribution in [3.63, 3.8) is 0 Å². The fourth-order valence-corrected chi connectivity index (χ4v) is 1.98. The maximum atomic E-state index is 5.21. The predicted octanol–water partition coefficient (Wildman–Crippen LogP) is 3.01. The van der Waals surface area contributed by atoms with Gasteiger partial charge in [-0.1, -0.05) is 6.07 Å².